The van der Waals surface area contributed by atoms with Gasteiger partial charge in [-0.1, -0.05) is 36.4 Å². The van der Waals surface area contributed by atoms with Gasteiger partial charge in [-0.15, -0.1) is 0 Å². The van der Waals surface area contributed by atoms with Crippen molar-refractivity contribution in [3.8, 4) is 0 Å². The SMILES string of the molecule is C=C(C)Cc1ccccc1[C@@H]1O[C@H](CO)[C@H](O)[C@H](O)[C@H]1NC(C)=O. The average Bonchev–Trinajstić information content (AvgIpc) is 2.52. The molecule has 1 saturated heterocycles. The third-order valence-electron chi connectivity index (χ3n) is 4.15. The van der Waals surface area contributed by atoms with Crippen LogP contribution < -0.4 is 5.32 Å². The molecule has 6 nitrogen and oxygen atoms in total. The van der Waals surface area contributed by atoms with Gasteiger partial charge in [-0.05, 0) is 24.5 Å². The highest BCUT2D eigenvalue weighted by molar-refractivity contribution is 5.73. The number of hydrogen-bond donors (Lipinski definition) is 4. The van der Waals surface area contributed by atoms with Gasteiger partial charge in [-0.3, -0.25) is 4.79 Å². The molecule has 0 bridgehead atoms. The summed E-state index contributed by atoms with van der Waals surface area (Å²) in [6.07, 6.45) is -3.50. The maximum absolute atomic E-state index is 11.5. The van der Waals surface area contributed by atoms with Crippen LogP contribution in [-0.2, 0) is 16.0 Å². The molecule has 24 heavy (non-hydrogen) atoms. The van der Waals surface area contributed by atoms with Crippen LogP contribution in [0.15, 0.2) is 36.4 Å². The topological polar surface area (TPSA) is 99.0 Å². The number of hydrogen-bond acceptors (Lipinski definition) is 5. The Kier molecular flexibility index (Phi) is 6.12. The van der Waals surface area contributed by atoms with Gasteiger partial charge < -0.3 is 25.4 Å². The zero-order valence-electron chi connectivity index (χ0n) is 14.0. The molecule has 5 atom stereocenters. The number of ether oxygens (including phenoxy) is 1. The molecule has 1 aromatic rings. The first-order valence-electron chi connectivity index (χ1n) is 7.97. The second-order valence-corrected chi connectivity index (χ2v) is 6.32. The highest BCUT2D eigenvalue weighted by Gasteiger charge is 2.45. The number of aliphatic hydroxyl groups is 3. The minimum absolute atomic E-state index is 0.334. The van der Waals surface area contributed by atoms with Crippen LogP contribution in [0, 0.1) is 0 Å². The molecule has 0 saturated carbocycles. The van der Waals surface area contributed by atoms with E-state index in [9.17, 15) is 20.1 Å². The summed E-state index contributed by atoms with van der Waals surface area (Å²) >= 11 is 0. The Labute approximate surface area is 141 Å². The Morgan fingerprint density at radius 3 is 2.50 bits per heavy atom. The molecule has 0 unspecified atom stereocenters. The predicted octanol–water partition coefficient (Wildman–Crippen LogP) is 0.464. The van der Waals surface area contributed by atoms with Crippen molar-refractivity contribution in [2.75, 3.05) is 6.61 Å². The van der Waals surface area contributed by atoms with Crippen molar-refractivity contribution in [3.63, 3.8) is 0 Å². The molecule has 0 spiro atoms. The summed E-state index contributed by atoms with van der Waals surface area (Å²) in [7, 11) is 0. The quantitative estimate of drug-likeness (QED) is 0.586. The second-order valence-electron chi connectivity index (χ2n) is 6.32. The Morgan fingerprint density at radius 2 is 1.92 bits per heavy atom. The number of carbonyl (C=O) groups excluding carboxylic acids is 1. The van der Waals surface area contributed by atoms with Crippen LogP contribution in [0.4, 0.5) is 0 Å². The van der Waals surface area contributed by atoms with Crippen LogP contribution in [-0.4, -0.2) is 52.2 Å². The summed E-state index contributed by atoms with van der Waals surface area (Å²) in [5.41, 5.74) is 2.72. The van der Waals surface area contributed by atoms with Crippen molar-refractivity contribution in [1.29, 1.82) is 0 Å². The number of aliphatic hydroxyl groups excluding tert-OH is 3. The van der Waals surface area contributed by atoms with E-state index in [1.807, 2.05) is 31.2 Å². The van der Waals surface area contributed by atoms with Crippen LogP contribution in [0.3, 0.4) is 0 Å². The molecule has 2 rings (SSSR count). The molecule has 1 aliphatic heterocycles. The molecule has 132 valence electrons. The number of allylic oxidation sites excluding steroid dienone is 1. The van der Waals surface area contributed by atoms with Crippen LogP contribution in [0.1, 0.15) is 31.1 Å². The first kappa shape index (κ1) is 18.6. The van der Waals surface area contributed by atoms with Crippen LogP contribution in [0.25, 0.3) is 0 Å². The van der Waals surface area contributed by atoms with E-state index < -0.39 is 37.1 Å². The van der Waals surface area contributed by atoms with Gasteiger partial charge in [0.1, 0.15) is 24.4 Å². The van der Waals surface area contributed by atoms with Gasteiger partial charge >= 0.3 is 0 Å². The zero-order chi connectivity index (χ0) is 17.9. The summed E-state index contributed by atoms with van der Waals surface area (Å²) in [6, 6.07) is 6.72. The lowest BCUT2D eigenvalue weighted by atomic mass is 9.86. The predicted molar refractivity (Wildman–Crippen MR) is 89.3 cm³/mol. The molecule has 1 heterocycles. The van der Waals surface area contributed by atoms with Crippen LogP contribution >= 0.6 is 0 Å². The van der Waals surface area contributed by atoms with E-state index in [1.165, 1.54) is 6.92 Å². The molecule has 6 heteroatoms. The van der Waals surface area contributed by atoms with Crippen molar-refractivity contribution < 1.29 is 24.9 Å². The molecule has 4 N–H and O–H groups in total. The lowest BCUT2D eigenvalue weighted by Gasteiger charge is -2.43. The van der Waals surface area contributed by atoms with Crippen LogP contribution in [0.5, 0.6) is 0 Å². The Morgan fingerprint density at radius 1 is 1.25 bits per heavy atom. The normalized spacial score (nSPS) is 30.0. The molecule has 0 aliphatic carbocycles. The first-order valence-corrected chi connectivity index (χ1v) is 7.97. The fraction of sp³-hybridized carbons (Fsp3) is 0.500. The number of carbonyl (C=O) groups is 1. The third kappa shape index (κ3) is 4.02. The first-order chi connectivity index (χ1) is 11.3. The van der Waals surface area contributed by atoms with Crippen molar-refractivity contribution in [3.05, 3.63) is 47.5 Å². The standard InChI is InChI=1S/C18H25NO5/c1-10(2)8-12-6-4-5-7-13(12)18-15(19-11(3)21)17(23)16(22)14(9-20)24-18/h4-7,14-18,20,22-23H,1,8-9H2,2-3H3,(H,19,21)/t14-,15-,16+,17-,18+/m1/s1. The van der Waals surface area contributed by atoms with E-state index in [0.29, 0.717) is 6.42 Å². The van der Waals surface area contributed by atoms with Crippen molar-refractivity contribution in [2.45, 2.75) is 50.7 Å². The lowest BCUT2D eigenvalue weighted by Crippen LogP contribution is -2.60. The summed E-state index contributed by atoms with van der Waals surface area (Å²) in [6.45, 7) is 6.75. The minimum atomic E-state index is -1.28. The molecule has 1 fully saturated rings. The molecule has 0 radical (unpaired) electrons. The van der Waals surface area contributed by atoms with Gasteiger partial charge in [0.25, 0.3) is 0 Å². The van der Waals surface area contributed by atoms with E-state index in [4.69, 9.17) is 4.74 Å². The van der Waals surface area contributed by atoms with E-state index in [-0.39, 0.29) is 5.91 Å². The maximum Gasteiger partial charge on any atom is 0.217 e. The van der Waals surface area contributed by atoms with Crippen molar-refractivity contribution >= 4 is 5.91 Å². The van der Waals surface area contributed by atoms with Gasteiger partial charge in [0.2, 0.25) is 5.91 Å². The monoisotopic (exact) mass is 335 g/mol. The zero-order valence-corrected chi connectivity index (χ0v) is 14.0. The lowest BCUT2D eigenvalue weighted by molar-refractivity contribution is -0.197. The summed E-state index contributed by atoms with van der Waals surface area (Å²) < 4.78 is 5.84. The number of amides is 1. The van der Waals surface area contributed by atoms with E-state index in [0.717, 1.165) is 16.7 Å². The summed E-state index contributed by atoms with van der Waals surface area (Å²) in [5.74, 6) is -0.334. The molecule has 0 aromatic heterocycles. The van der Waals surface area contributed by atoms with E-state index in [1.54, 1.807) is 0 Å². The van der Waals surface area contributed by atoms with Gasteiger partial charge in [0.15, 0.2) is 0 Å². The molecule has 1 aliphatic rings. The van der Waals surface area contributed by atoms with Crippen molar-refractivity contribution in [1.82, 2.24) is 5.32 Å². The third-order valence-corrected chi connectivity index (χ3v) is 4.15. The van der Waals surface area contributed by atoms with E-state index >= 15 is 0 Å². The molecular formula is C18H25NO5. The Bertz CT molecular complexity index is 603. The van der Waals surface area contributed by atoms with Gasteiger partial charge in [0.05, 0.1) is 12.6 Å². The fourth-order valence-electron chi connectivity index (χ4n) is 3.08. The minimum Gasteiger partial charge on any atom is -0.394 e. The maximum atomic E-state index is 11.5. The van der Waals surface area contributed by atoms with Gasteiger partial charge in [0, 0.05) is 6.92 Å². The smallest absolute Gasteiger partial charge is 0.217 e. The fourth-order valence-corrected chi connectivity index (χ4v) is 3.08. The van der Waals surface area contributed by atoms with Crippen LogP contribution in [0.2, 0.25) is 0 Å². The van der Waals surface area contributed by atoms with Gasteiger partial charge in [-0.2, -0.15) is 0 Å². The highest BCUT2D eigenvalue weighted by Crippen LogP contribution is 2.34. The van der Waals surface area contributed by atoms with Gasteiger partial charge in [-0.25, -0.2) is 0 Å². The largest absolute Gasteiger partial charge is 0.394 e. The number of benzene rings is 1. The Hall–Kier alpha value is -1.73. The molecule has 1 amide bonds. The van der Waals surface area contributed by atoms with E-state index in [2.05, 4.69) is 11.9 Å². The highest BCUT2D eigenvalue weighted by atomic mass is 16.5. The summed E-state index contributed by atoms with van der Waals surface area (Å²) in [5, 5.41) is 32.6. The number of rotatable bonds is 5. The Balaban J connectivity index is 2.43. The molecular weight excluding hydrogens is 310 g/mol. The number of nitrogens with one attached hydrogen (secondary N) is 1. The average molecular weight is 335 g/mol. The summed E-state index contributed by atoms with van der Waals surface area (Å²) in [4.78, 5) is 11.5. The second kappa shape index (κ2) is 7.90. The molecule has 1 aromatic carbocycles. The van der Waals surface area contributed by atoms with Crippen molar-refractivity contribution in [2.24, 2.45) is 0 Å².